The molecule has 0 saturated heterocycles. The molecule has 1 aromatic carbocycles. The molecule has 6 heteroatoms. The molecule has 5 nitrogen and oxygen atoms in total. The molecule has 4 aromatic rings. The van der Waals surface area contributed by atoms with Gasteiger partial charge in [0.1, 0.15) is 5.82 Å². The molecule has 0 saturated carbocycles. The third-order valence-corrected chi connectivity index (χ3v) is 5.78. The Labute approximate surface area is 167 Å². The lowest BCUT2D eigenvalue weighted by atomic mass is 10.1. The molecule has 1 N–H and O–H groups in total. The van der Waals surface area contributed by atoms with Crippen molar-refractivity contribution < 1.29 is 4.79 Å². The average molecular weight is 388 g/mol. The highest BCUT2D eigenvalue weighted by Gasteiger charge is 2.17. The predicted molar refractivity (Wildman–Crippen MR) is 111 cm³/mol. The van der Waals surface area contributed by atoms with Crippen LogP contribution in [0.4, 0.5) is 0 Å². The van der Waals surface area contributed by atoms with Gasteiger partial charge in [-0.2, -0.15) is 5.10 Å². The SMILES string of the molecule is Cc1cc(-c2n[nH]c(Cc3ccccc3)n2)sc1C(=O)CCc1cccnc1. The molecule has 0 amide bonds. The normalized spacial score (nSPS) is 10.9. The van der Waals surface area contributed by atoms with Gasteiger partial charge < -0.3 is 0 Å². The number of pyridine rings is 1. The van der Waals surface area contributed by atoms with E-state index < -0.39 is 0 Å². The summed E-state index contributed by atoms with van der Waals surface area (Å²) in [5.74, 6) is 1.61. The quantitative estimate of drug-likeness (QED) is 0.468. The third-order valence-electron chi connectivity index (χ3n) is 4.50. The zero-order valence-corrected chi connectivity index (χ0v) is 16.4. The Bertz CT molecular complexity index is 1070. The molecule has 0 aliphatic heterocycles. The van der Waals surface area contributed by atoms with Crippen LogP contribution < -0.4 is 0 Å². The van der Waals surface area contributed by atoms with Gasteiger partial charge in [-0.1, -0.05) is 36.4 Å². The summed E-state index contributed by atoms with van der Waals surface area (Å²) in [7, 11) is 0. The molecule has 3 heterocycles. The van der Waals surface area contributed by atoms with E-state index in [-0.39, 0.29) is 5.78 Å². The maximum atomic E-state index is 12.7. The van der Waals surface area contributed by atoms with Crippen molar-refractivity contribution in [1.82, 2.24) is 20.2 Å². The van der Waals surface area contributed by atoms with E-state index in [1.807, 2.05) is 49.5 Å². The van der Waals surface area contributed by atoms with Crippen molar-refractivity contribution >= 4 is 17.1 Å². The smallest absolute Gasteiger partial charge is 0.191 e. The fraction of sp³-hybridized carbons (Fsp3) is 0.182. The maximum Gasteiger partial charge on any atom is 0.191 e. The van der Waals surface area contributed by atoms with Crippen LogP contribution in [0.25, 0.3) is 10.7 Å². The van der Waals surface area contributed by atoms with Crippen molar-refractivity contribution in [3.8, 4) is 10.7 Å². The number of H-pyrrole nitrogens is 1. The third kappa shape index (κ3) is 4.23. The second-order valence-electron chi connectivity index (χ2n) is 6.68. The van der Waals surface area contributed by atoms with E-state index in [9.17, 15) is 4.79 Å². The van der Waals surface area contributed by atoms with Gasteiger partial charge in [-0.3, -0.25) is 14.9 Å². The minimum atomic E-state index is 0.151. The number of hydrogen-bond donors (Lipinski definition) is 1. The zero-order valence-electron chi connectivity index (χ0n) is 15.6. The molecular formula is C22H20N4OS. The summed E-state index contributed by atoms with van der Waals surface area (Å²) in [6, 6.07) is 16.0. The van der Waals surface area contributed by atoms with E-state index in [1.165, 1.54) is 16.9 Å². The highest BCUT2D eigenvalue weighted by Crippen LogP contribution is 2.30. The lowest BCUT2D eigenvalue weighted by Gasteiger charge is -2.00. The number of aromatic amines is 1. The lowest BCUT2D eigenvalue weighted by Crippen LogP contribution is -2.00. The van der Waals surface area contributed by atoms with E-state index in [0.717, 1.165) is 26.7 Å². The van der Waals surface area contributed by atoms with E-state index in [1.54, 1.807) is 6.20 Å². The number of Topliss-reactive ketones (excluding diaryl/α,β-unsaturated/α-hetero) is 1. The summed E-state index contributed by atoms with van der Waals surface area (Å²) in [4.78, 5) is 23.1. The molecule has 28 heavy (non-hydrogen) atoms. The van der Waals surface area contributed by atoms with Crippen molar-refractivity contribution in [1.29, 1.82) is 0 Å². The molecule has 0 atom stereocenters. The Balaban J connectivity index is 1.46. The van der Waals surface area contributed by atoms with Gasteiger partial charge in [-0.05, 0) is 42.2 Å². The first kappa shape index (κ1) is 18.3. The van der Waals surface area contributed by atoms with Gasteiger partial charge in [-0.25, -0.2) is 4.98 Å². The van der Waals surface area contributed by atoms with E-state index in [0.29, 0.717) is 25.1 Å². The van der Waals surface area contributed by atoms with Crippen LogP contribution in [0, 0.1) is 6.92 Å². The summed E-state index contributed by atoms with van der Waals surface area (Å²) < 4.78 is 0. The number of carbonyl (C=O) groups excluding carboxylic acids is 1. The Morgan fingerprint density at radius 2 is 1.93 bits per heavy atom. The number of thiophene rings is 1. The Hall–Kier alpha value is -3.12. The molecule has 0 radical (unpaired) electrons. The molecule has 140 valence electrons. The van der Waals surface area contributed by atoms with Gasteiger partial charge >= 0.3 is 0 Å². The van der Waals surface area contributed by atoms with Crippen LogP contribution in [0.2, 0.25) is 0 Å². The molecular weight excluding hydrogens is 368 g/mol. The number of ketones is 1. The molecule has 0 bridgehead atoms. The maximum absolute atomic E-state index is 12.7. The van der Waals surface area contributed by atoms with E-state index in [2.05, 4.69) is 32.3 Å². The highest BCUT2D eigenvalue weighted by atomic mass is 32.1. The average Bonchev–Trinajstić information content (AvgIpc) is 3.34. The number of carbonyl (C=O) groups is 1. The number of hydrogen-bond acceptors (Lipinski definition) is 5. The van der Waals surface area contributed by atoms with Crippen LogP contribution >= 0.6 is 11.3 Å². The fourth-order valence-electron chi connectivity index (χ4n) is 3.06. The summed E-state index contributed by atoms with van der Waals surface area (Å²) in [6.45, 7) is 1.97. The molecule has 0 unspecified atom stereocenters. The summed E-state index contributed by atoms with van der Waals surface area (Å²) >= 11 is 1.47. The van der Waals surface area contributed by atoms with Gasteiger partial charge in [0.05, 0.1) is 9.75 Å². The molecule has 3 aromatic heterocycles. The van der Waals surface area contributed by atoms with E-state index >= 15 is 0 Å². The van der Waals surface area contributed by atoms with Gasteiger partial charge in [0.2, 0.25) is 0 Å². The van der Waals surface area contributed by atoms with Crippen LogP contribution in [0.15, 0.2) is 60.9 Å². The van der Waals surface area contributed by atoms with Gasteiger partial charge in [0.25, 0.3) is 0 Å². The standard InChI is InChI=1S/C22H20N4OS/c1-15-12-19(22-24-20(25-26-22)13-16-6-3-2-4-7-16)28-21(15)18(27)10-9-17-8-5-11-23-14-17/h2-8,11-12,14H,9-10,13H2,1H3,(H,24,25,26). The number of rotatable bonds is 7. The largest absolute Gasteiger partial charge is 0.293 e. The van der Waals surface area contributed by atoms with Crippen LogP contribution in [0.1, 0.15) is 38.6 Å². The van der Waals surface area contributed by atoms with Crippen LogP contribution in [-0.4, -0.2) is 25.9 Å². The fourth-order valence-corrected chi connectivity index (χ4v) is 4.13. The molecule has 0 aliphatic carbocycles. The number of nitrogens with zero attached hydrogens (tertiary/aromatic N) is 3. The number of benzene rings is 1. The number of nitrogens with one attached hydrogen (secondary N) is 1. The Morgan fingerprint density at radius 1 is 1.11 bits per heavy atom. The minimum Gasteiger partial charge on any atom is -0.293 e. The first-order valence-electron chi connectivity index (χ1n) is 9.17. The summed E-state index contributed by atoms with van der Waals surface area (Å²) in [5.41, 5.74) is 3.23. The first-order valence-corrected chi connectivity index (χ1v) is 9.99. The minimum absolute atomic E-state index is 0.151. The predicted octanol–water partition coefficient (Wildman–Crippen LogP) is 4.64. The number of aryl methyl sites for hydroxylation is 2. The van der Waals surface area contributed by atoms with Gasteiger partial charge in [-0.15, -0.1) is 11.3 Å². The molecule has 0 fully saturated rings. The molecule has 0 aliphatic rings. The van der Waals surface area contributed by atoms with Crippen LogP contribution in [-0.2, 0) is 12.8 Å². The summed E-state index contributed by atoms with van der Waals surface area (Å²) in [6.07, 6.45) is 5.42. The Kier molecular flexibility index (Phi) is 5.39. The van der Waals surface area contributed by atoms with Gasteiger partial charge in [0, 0.05) is 25.2 Å². The van der Waals surface area contributed by atoms with Gasteiger partial charge in [0.15, 0.2) is 11.6 Å². The van der Waals surface area contributed by atoms with Crippen molar-refractivity contribution in [2.75, 3.05) is 0 Å². The molecule has 0 spiro atoms. The molecule has 4 rings (SSSR count). The van der Waals surface area contributed by atoms with Crippen LogP contribution in [0.3, 0.4) is 0 Å². The van der Waals surface area contributed by atoms with Crippen molar-refractivity contribution in [3.05, 3.63) is 88.3 Å². The first-order chi connectivity index (χ1) is 13.7. The highest BCUT2D eigenvalue weighted by molar-refractivity contribution is 7.17. The topological polar surface area (TPSA) is 71.5 Å². The monoisotopic (exact) mass is 388 g/mol. The van der Waals surface area contributed by atoms with Crippen molar-refractivity contribution in [3.63, 3.8) is 0 Å². The number of aromatic nitrogens is 4. The zero-order chi connectivity index (χ0) is 19.3. The van der Waals surface area contributed by atoms with Crippen molar-refractivity contribution in [2.45, 2.75) is 26.2 Å². The second kappa shape index (κ2) is 8.27. The van der Waals surface area contributed by atoms with E-state index in [4.69, 9.17) is 0 Å². The Morgan fingerprint density at radius 3 is 2.71 bits per heavy atom. The van der Waals surface area contributed by atoms with Crippen molar-refractivity contribution in [2.24, 2.45) is 0 Å². The van der Waals surface area contributed by atoms with Crippen LogP contribution in [0.5, 0.6) is 0 Å². The second-order valence-corrected chi connectivity index (χ2v) is 7.73. The summed E-state index contributed by atoms with van der Waals surface area (Å²) in [5, 5.41) is 7.36. The lowest BCUT2D eigenvalue weighted by molar-refractivity contribution is 0.0986.